The Kier molecular flexibility index (Phi) is 4.26. The molecule has 0 atom stereocenters. The molecule has 1 aromatic heterocycles. The number of nitrogens with zero attached hydrogens (tertiary/aromatic N) is 2. The van der Waals surface area contributed by atoms with Crippen LogP contribution < -0.4 is 10.6 Å². The highest BCUT2D eigenvalue weighted by Gasteiger charge is 2.18. The Bertz CT molecular complexity index is 653. The van der Waals surface area contributed by atoms with Gasteiger partial charge < -0.3 is 10.6 Å². The number of nitrogens with one attached hydrogen (secondary N) is 2. The number of amides is 1. The summed E-state index contributed by atoms with van der Waals surface area (Å²) in [4.78, 5) is 13.1. The maximum atomic E-state index is 12.5. The summed E-state index contributed by atoms with van der Waals surface area (Å²) >= 11 is 1.17. The molecule has 21 heavy (non-hydrogen) atoms. The number of rotatable bonds is 4. The van der Waals surface area contributed by atoms with Crippen molar-refractivity contribution in [3.8, 4) is 0 Å². The monoisotopic (exact) mass is 302 g/mol. The van der Waals surface area contributed by atoms with Gasteiger partial charge in [0.05, 0.1) is 5.69 Å². The summed E-state index contributed by atoms with van der Waals surface area (Å²) in [6, 6.07) is 6.08. The summed E-state index contributed by atoms with van der Waals surface area (Å²) in [6.45, 7) is 3.86. The molecule has 2 heterocycles. The molecule has 0 fully saturated rings. The fourth-order valence-electron chi connectivity index (χ4n) is 2.59. The van der Waals surface area contributed by atoms with Crippen LogP contribution >= 0.6 is 11.5 Å². The number of hydrogen-bond donors (Lipinski definition) is 2. The lowest BCUT2D eigenvalue weighted by Gasteiger charge is -2.20. The predicted octanol–water partition coefficient (Wildman–Crippen LogP) is 2.39. The molecule has 0 bridgehead atoms. The number of aryl methyl sites for hydroxylation is 1. The minimum absolute atomic E-state index is 0.104. The largest absolute Gasteiger partial charge is 0.321 e. The summed E-state index contributed by atoms with van der Waals surface area (Å²) in [5, 5.41) is 10.4. The van der Waals surface area contributed by atoms with Gasteiger partial charge in [0.1, 0.15) is 4.88 Å². The normalized spacial score (nSPS) is 13.8. The summed E-state index contributed by atoms with van der Waals surface area (Å²) in [5.41, 5.74) is 4.18. The first kappa shape index (κ1) is 14.2. The fourth-order valence-corrected chi connectivity index (χ4v) is 3.19. The zero-order valence-corrected chi connectivity index (χ0v) is 12.8. The third kappa shape index (κ3) is 2.96. The van der Waals surface area contributed by atoms with Crippen LogP contribution in [0.4, 0.5) is 5.69 Å². The standard InChI is InChI=1S/C15H18N4OS/c1-2-4-13-14(21-19-18-13)15(20)17-12-6-3-5-10-7-8-16-9-11(10)12/h3,5-6,16H,2,4,7-9H2,1H3,(H,17,20). The van der Waals surface area contributed by atoms with Crippen LogP contribution in [0.1, 0.15) is 39.8 Å². The van der Waals surface area contributed by atoms with E-state index in [-0.39, 0.29) is 5.91 Å². The summed E-state index contributed by atoms with van der Waals surface area (Å²) in [5.74, 6) is -0.104. The molecule has 0 saturated heterocycles. The van der Waals surface area contributed by atoms with Crippen molar-refractivity contribution in [2.24, 2.45) is 0 Å². The van der Waals surface area contributed by atoms with Gasteiger partial charge in [0.25, 0.3) is 5.91 Å². The molecule has 1 aromatic carbocycles. The number of hydrogen-bond acceptors (Lipinski definition) is 5. The lowest BCUT2D eigenvalue weighted by molar-refractivity contribution is 0.102. The van der Waals surface area contributed by atoms with E-state index in [9.17, 15) is 4.79 Å². The van der Waals surface area contributed by atoms with Gasteiger partial charge in [-0.05, 0) is 48.1 Å². The molecule has 3 rings (SSSR count). The number of aromatic nitrogens is 2. The Labute approximate surface area is 127 Å². The van der Waals surface area contributed by atoms with Crippen molar-refractivity contribution in [1.29, 1.82) is 0 Å². The zero-order chi connectivity index (χ0) is 14.7. The molecule has 5 nitrogen and oxygen atoms in total. The van der Waals surface area contributed by atoms with E-state index in [2.05, 4.69) is 33.2 Å². The van der Waals surface area contributed by atoms with Crippen LogP contribution in [0.2, 0.25) is 0 Å². The SMILES string of the molecule is CCCc1nnsc1C(=O)Nc1cccc2c1CNCC2. The van der Waals surface area contributed by atoms with Gasteiger partial charge in [0.2, 0.25) is 0 Å². The number of carbonyl (C=O) groups is 1. The van der Waals surface area contributed by atoms with Gasteiger partial charge in [0, 0.05) is 12.2 Å². The average molecular weight is 302 g/mol. The molecule has 2 N–H and O–H groups in total. The maximum absolute atomic E-state index is 12.5. The first-order valence-electron chi connectivity index (χ1n) is 7.23. The highest BCUT2D eigenvalue weighted by Crippen LogP contribution is 2.24. The van der Waals surface area contributed by atoms with Crippen LogP contribution in [0.5, 0.6) is 0 Å². The lowest BCUT2D eigenvalue weighted by atomic mass is 9.99. The molecule has 0 unspecified atom stereocenters. The quantitative estimate of drug-likeness (QED) is 0.910. The highest BCUT2D eigenvalue weighted by molar-refractivity contribution is 7.08. The maximum Gasteiger partial charge on any atom is 0.269 e. The van der Waals surface area contributed by atoms with Crippen molar-refractivity contribution in [3.05, 3.63) is 39.9 Å². The van der Waals surface area contributed by atoms with Crippen LogP contribution in [0.3, 0.4) is 0 Å². The molecule has 2 aromatic rings. The Balaban J connectivity index is 1.83. The minimum atomic E-state index is -0.104. The van der Waals surface area contributed by atoms with Gasteiger partial charge in [-0.1, -0.05) is 30.0 Å². The second-order valence-electron chi connectivity index (χ2n) is 5.12. The number of carbonyl (C=O) groups excluding carboxylic acids is 1. The molecule has 6 heteroatoms. The molecule has 1 amide bonds. The Morgan fingerprint density at radius 1 is 1.48 bits per heavy atom. The van der Waals surface area contributed by atoms with E-state index in [0.29, 0.717) is 4.88 Å². The smallest absolute Gasteiger partial charge is 0.269 e. The van der Waals surface area contributed by atoms with Crippen LogP contribution in [0, 0.1) is 0 Å². The van der Waals surface area contributed by atoms with Crippen molar-refractivity contribution in [3.63, 3.8) is 0 Å². The molecule has 1 aliphatic rings. The van der Waals surface area contributed by atoms with Gasteiger partial charge in [-0.25, -0.2) is 0 Å². The van der Waals surface area contributed by atoms with Gasteiger partial charge in [-0.15, -0.1) is 5.10 Å². The van der Waals surface area contributed by atoms with Gasteiger partial charge in [-0.2, -0.15) is 0 Å². The molecular formula is C15H18N4OS. The lowest BCUT2D eigenvalue weighted by Crippen LogP contribution is -2.25. The summed E-state index contributed by atoms with van der Waals surface area (Å²) < 4.78 is 3.91. The van der Waals surface area contributed by atoms with E-state index in [1.165, 1.54) is 22.7 Å². The second kappa shape index (κ2) is 6.32. The first-order chi connectivity index (χ1) is 10.3. The van der Waals surface area contributed by atoms with E-state index in [1.807, 2.05) is 12.1 Å². The van der Waals surface area contributed by atoms with Gasteiger partial charge in [-0.3, -0.25) is 4.79 Å². The molecule has 0 saturated carbocycles. The van der Waals surface area contributed by atoms with Crippen molar-refractivity contribution in [2.45, 2.75) is 32.7 Å². The summed E-state index contributed by atoms with van der Waals surface area (Å²) in [6.07, 6.45) is 2.74. The summed E-state index contributed by atoms with van der Waals surface area (Å²) in [7, 11) is 0. The van der Waals surface area contributed by atoms with Crippen molar-refractivity contribution < 1.29 is 4.79 Å². The molecule has 0 spiro atoms. The van der Waals surface area contributed by atoms with E-state index < -0.39 is 0 Å². The van der Waals surface area contributed by atoms with Crippen LogP contribution in [-0.2, 0) is 19.4 Å². The first-order valence-corrected chi connectivity index (χ1v) is 8.01. The zero-order valence-electron chi connectivity index (χ0n) is 12.0. The Morgan fingerprint density at radius 2 is 2.38 bits per heavy atom. The predicted molar refractivity (Wildman–Crippen MR) is 83.7 cm³/mol. The molecule has 110 valence electrons. The van der Waals surface area contributed by atoms with Crippen LogP contribution in [0.25, 0.3) is 0 Å². The third-order valence-corrected chi connectivity index (χ3v) is 4.41. The number of benzene rings is 1. The number of anilines is 1. The molecule has 0 aliphatic carbocycles. The molecule has 1 aliphatic heterocycles. The fraction of sp³-hybridized carbons (Fsp3) is 0.400. The van der Waals surface area contributed by atoms with Gasteiger partial charge in [0.15, 0.2) is 0 Å². The van der Waals surface area contributed by atoms with Crippen molar-refractivity contribution in [1.82, 2.24) is 14.9 Å². The van der Waals surface area contributed by atoms with E-state index in [0.717, 1.165) is 43.7 Å². The van der Waals surface area contributed by atoms with Crippen molar-refractivity contribution >= 4 is 23.1 Å². The number of fused-ring (bicyclic) bond motifs is 1. The Hall–Kier alpha value is -1.79. The van der Waals surface area contributed by atoms with Crippen LogP contribution in [-0.4, -0.2) is 22.0 Å². The van der Waals surface area contributed by atoms with Crippen molar-refractivity contribution in [2.75, 3.05) is 11.9 Å². The topological polar surface area (TPSA) is 66.9 Å². The van der Waals surface area contributed by atoms with E-state index in [1.54, 1.807) is 0 Å². The van der Waals surface area contributed by atoms with Gasteiger partial charge >= 0.3 is 0 Å². The molecular weight excluding hydrogens is 284 g/mol. The highest BCUT2D eigenvalue weighted by atomic mass is 32.1. The third-order valence-electron chi connectivity index (χ3n) is 3.64. The Morgan fingerprint density at radius 3 is 3.24 bits per heavy atom. The van der Waals surface area contributed by atoms with Crippen LogP contribution in [0.15, 0.2) is 18.2 Å². The minimum Gasteiger partial charge on any atom is -0.321 e. The van der Waals surface area contributed by atoms with E-state index >= 15 is 0 Å². The second-order valence-corrected chi connectivity index (χ2v) is 5.88. The average Bonchev–Trinajstić information content (AvgIpc) is 2.96. The molecule has 0 radical (unpaired) electrons. The van der Waals surface area contributed by atoms with E-state index in [4.69, 9.17) is 0 Å².